The molecule has 3 N–H and O–H groups in total. The van der Waals surface area contributed by atoms with Gasteiger partial charge in [-0.2, -0.15) is 0 Å². The van der Waals surface area contributed by atoms with Crippen LogP contribution in [0.4, 0.5) is 5.69 Å². The summed E-state index contributed by atoms with van der Waals surface area (Å²) in [5.74, 6) is 0. The van der Waals surface area contributed by atoms with E-state index in [9.17, 15) is 0 Å². The second kappa shape index (κ2) is 4.50. The van der Waals surface area contributed by atoms with Gasteiger partial charge in [0, 0.05) is 43.3 Å². The molecule has 19 heavy (non-hydrogen) atoms. The molecule has 1 aromatic carbocycles. The number of aryl methyl sites for hydroxylation is 1. The molecule has 2 aliphatic heterocycles. The number of nitrogens with two attached hydrogens (primary N) is 1. The number of rotatable bonds is 1. The highest BCUT2D eigenvalue weighted by molar-refractivity contribution is 5.56. The summed E-state index contributed by atoms with van der Waals surface area (Å²) in [6.45, 7) is 11.3. The van der Waals surface area contributed by atoms with Crippen molar-refractivity contribution in [3.63, 3.8) is 0 Å². The average molecular weight is 259 g/mol. The van der Waals surface area contributed by atoms with Crippen molar-refractivity contribution >= 4 is 5.69 Å². The zero-order valence-corrected chi connectivity index (χ0v) is 12.3. The summed E-state index contributed by atoms with van der Waals surface area (Å²) in [6.07, 6.45) is 1.02. The zero-order valence-electron chi connectivity index (χ0n) is 12.3. The van der Waals surface area contributed by atoms with Crippen LogP contribution >= 0.6 is 0 Å². The van der Waals surface area contributed by atoms with Gasteiger partial charge in [0.25, 0.3) is 0 Å². The van der Waals surface area contributed by atoms with Crippen LogP contribution in [-0.4, -0.2) is 31.1 Å². The maximum atomic E-state index is 6.23. The van der Waals surface area contributed by atoms with Crippen LogP contribution in [0.5, 0.6) is 0 Å². The first-order valence-corrected chi connectivity index (χ1v) is 7.40. The fraction of sp³-hybridized carbons (Fsp3) is 0.625. The third kappa shape index (κ3) is 2.05. The molecule has 3 rings (SSSR count). The summed E-state index contributed by atoms with van der Waals surface area (Å²) in [5, 5.41) is 3.52. The molecule has 104 valence electrons. The van der Waals surface area contributed by atoms with Gasteiger partial charge in [0.15, 0.2) is 0 Å². The minimum absolute atomic E-state index is 0.223. The number of anilines is 1. The predicted molar refractivity (Wildman–Crippen MR) is 80.4 cm³/mol. The highest BCUT2D eigenvalue weighted by atomic mass is 15.2. The van der Waals surface area contributed by atoms with Gasteiger partial charge in [-0.25, -0.2) is 0 Å². The maximum Gasteiger partial charge on any atom is 0.0477 e. The maximum absolute atomic E-state index is 6.23. The Bertz CT molecular complexity index is 493. The molecule has 2 heterocycles. The Morgan fingerprint density at radius 2 is 2.21 bits per heavy atom. The lowest BCUT2D eigenvalue weighted by Gasteiger charge is -2.48. The predicted octanol–water partition coefficient (Wildman–Crippen LogP) is 2.07. The van der Waals surface area contributed by atoms with E-state index in [1.807, 2.05) is 0 Å². The summed E-state index contributed by atoms with van der Waals surface area (Å²) in [4.78, 5) is 2.61. The third-order valence-corrected chi connectivity index (χ3v) is 4.73. The average Bonchev–Trinajstić information content (AvgIpc) is 2.37. The molecule has 1 unspecified atom stereocenters. The molecular weight excluding hydrogens is 234 g/mol. The fourth-order valence-corrected chi connectivity index (χ4v) is 3.68. The van der Waals surface area contributed by atoms with Crippen LogP contribution in [-0.2, 0) is 11.8 Å². The number of piperazine rings is 1. The molecule has 0 radical (unpaired) electrons. The topological polar surface area (TPSA) is 41.3 Å². The quantitative estimate of drug-likeness (QED) is 0.759. The van der Waals surface area contributed by atoms with Crippen molar-refractivity contribution in [1.29, 1.82) is 0 Å². The monoisotopic (exact) mass is 259 g/mol. The molecule has 1 fully saturated rings. The van der Waals surface area contributed by atoms with E-state index in [1.54, 1.807) is 0 Å². The summed E-state index contributed by atoms with van der Waals surface area (Å²) in [7, 11) is 0. The summed E-state index contributed by atoms with van der Waals surface area (Å²) in [5.41, 5.74) is 11.7. The molecule has 0 aliphatic carbocycles. The highest BCUT2D eigenvalue weighted by Gasteiger charge is 2.38. The smallest absolute Gasteiger partial charge is 0.0477 e. The first kappa shape index (κ1) is 12.9. The van der Waals surface area contributed by atoms with Gasteiger partial charge in [0.05, 0.1) is 0 Å². The van der Waals surface area contributed by atoms with Crippen molar-refractivity contribution in [3.05, 3.63) is 28.8 Å². The van der Waals surface area contributed by atoms with Gasteiger partial charge in [0.2, 0.25) is 0 Å². The highest BCUT2D eigenvalue weighted by Crippen LogP contribution is 2.41. The molecule has 0 amide bonds. The number of nitrogens with zero attached hydrogens (tertiary/aromatic N) is 1. The van der Waals surface area contributed by atoms with E-state index in [4.69, 9.17) is 5.73 Å². The van der Waals surface area contributed by atoms with Crippen molar-refractivity contribution in [2.24, 2.45) is 0 Å². The molecule has 1 saturated heterocycles. The second-order valence-electron chi connectivity index (χ2n) is 6.57. The minimum Gasteiger partial charge on any atom is -0.398 e. The van der Waals surface area contributed by atoms with E-state index in [2.05, 4.69) is 43.1 Å². The van der Waals surface area contributed by atoms with Crippen molar-refractivity contribution in [1.82, 2.24) is 10.2 Å². The van der Waals surface area contributed by atoms with E-state index in [1.165, 1.54) is 16.7 Å². The van der Waals surface area contributed by atoms with Gasteiger partial charge in [0.1, 0.15) is 0 Å². The molecule has 0 bridgehead atoms. The Labute approximate surface area is 116 Å². The molecule has 3 heteroatoms. The van der Waals surface area contributed by atoms with Gasteiger partial charge in [-0.1, -0.05) is 26.8 Å². The van der Waals surface area contributed by atoms with Gasteiger partial charge in [-0.15, -0.1) is 0 Å². The van der Waals surface area contributed by atoms with E-state index in [0.717, 1.165) is 38.3 Å². The molecule has 2 aliphatic rings. The third-order valence-electron chi connectivity index (χ3n) is 4.73. The second-order valence-corrected chi connectivity index (χ2v) is 6.57. The van der Waals surface area contributed by atoms with Crippen LogP contribution < -0.4 is 11.1 Å². The summed E-state index contributed by atoms with van der Waals surface area (Å²) < 4.78 is 0. The molecule has 1 atom stereocenters. The van der Waals surface area contributed by atoms with Gasteiger partial charge in [-0.05, 0) is 29.2 Å². The Morgan fingerprint density at radius 3 is 2.95 bits per heavy atom. The Hall–Kier alpha value is -1.06. The molecule has 1 aromatic rings. The van der Waals surface area contributed by atoms with Gasteiger partial charge < -0.3 is 11.1 Å². The van der Waals surface area contributed by atoms with Crippen molar-refractivity contribution in [2.75, 3.05) is 31.9 Å². The lowest BCUT2D eigenvalue weighted by atomic mass is 9.74. The molecule has 3 nitrogen and oxygen atoms in total. The Kier molecular flexibility index (Phi) is 3.06. The number of nitrogen functional groups attached to an aromatic ring is 1. The Balaban J connectivity index is 2.13. The first-order valence-electron chi connectivity index (χ1n) is 7.40. The number of benzene rings is 1. The van der Waals surface area contributed by atoms with Gasteiger partial charge >= 0.3 is 0 Å². The zero-order chi connectivity index (χ0) is 13.6. The van der Waals surface area contributed by atoms with Crippen LogP contribution in [0.25, 0.3) is 0 Å². The lowest BCUT2D eigenvalue weighted by Crippen LogP contribution is -2.53. The van der Waals surface area contributed by atoms with Gasteiger partial charge in [-0.3, -0.25) is 4.90 Å². The van der Waals surface area contributed by atoms with Crippen LogP contribution in [0.3, 0.4) is 0 Å². The van der Waals surface area contributed by atoms with E-state index < -0.39 is 0 Å². The molecule has 0 spiro atoms. The normalized spacial score (nSPS) is 25.7. The van der Waals surface area contributed by atoms with E-state index in [0.29, 0.717) is 6.04 Å². The largest absolute Gasteiger partial charge is 0.398 e. The molecule has 0 aromatic heterocycles. The summed E-state index contributed by atoms with van der Waals surface area (Å²) >= 11 is 0. The number of nitrogens with one attached hydrogen (secondary N) is 1. The van der Waals surface area contributed by atoms with E-state index in [-0.39, 0.29) is 5.41 Å². The van der Waals surface area contributed by atoms with Crippen LogP contribution in [0.2, 0.25) is 0 Å². The number of hydrogen-bond donors (Lipinski definition) is 2. The Morgan fingerprint density at radius 1 is 1.42 bits per heavy atom. The van der Waals surface area contributed by atoms with Crippen molar-refractivity contribution in [3.8, 4) is 0 Å². The van der Waals surface area contributed by atoms with Crippen LogP contribution in [0.1, 0.15) is 43.5 Å². The van der Waals surface area contributed by atoms with Crippen LogP contribution in [0, 0.1) is 0 Å². The first-order chi connectivity index (χ1) is 9.03. The fourth-order valence-electron chi connectivity index (χ4n) is 3.68. The molecule has 0 saturated carbocycles. The minimum atomic E-state index is 0.223. The summed E-state index contributed by atoms with van der Waals surface area (Å²) in [6, 6.07) is 5.10. The van der Waals surface area contributed by atoms with Crippen molar-refractivity contribution in [2.45, 2.75) is 38.6 Å². The standard InChI is InChI=1S/C16H25N3/c1-4-11-7-13-12(8-14(11)17)15-9-18-5-6-19(15)10-16(13,2)3/h7-8,15,18H,4-6,9-10,17H2,1-3H3. The lowest BCUT2D eigenvalue weighted by molar-refractivity contribution is 0.114. The number of fused-ring (bicyclic) bond motifs is 3. The van der Waals surface area contributed by atoms with Crippen LogP contribution in [0.15, 0.2) is 12.1 Å². The SMILES string of the molecule is CCc1cc2c(cc1N)C1CNCCN1CC2(C)C. The van der Waals surface area contributed by atoms with Crippen molar-refractivity contribution < 1.29 is 0 Å². The molecular formula is C16H25N3. The van der Waals surface area contributed by atoms with E-state index >= 15 is 0 Å². The number of hydrogen-bond acceptors (Lipinski definition) is 3.